The molecule has 1 saturated heterocycles. The molecule has 2 amide bonds. The molecule has 3 aliphatic rings. The van der Waals surface area contributed by atoms with Crippen molar-refractivity contribution in [1.29, 1.82) is 0 Å². The van der Waals surface area contributed by atoms with Gasteiger partial charge in [-0.3, -0.25) is 14.9 Å². The van der Waals surface area contributed by atoms with Crippen LogP contribution in [0.5, 0.6) is 5.75 Å². The van der Waals surface area contributed by atoms with Crippen LogP contribution in [0.2, 0.25) is 5.02 Å². The van der Waals surface area contributed by atoms with E-state index >= 15 is 0 Å². The van der Waals surface area contributed by atoms with Gasteiger partial charge in [0.05, 0.1) is 30.5 Å². The number of nitrogens with zero attached hydrogens (tertiary/aromatic N) is 3. The average Bonchev–Trinajstić information content (AvgIpc) is 3.45. The normalized spacial score (nSPS) is 17.5. The Kier molecular flexibility index (Phi) is 8.09. The fraction of sp³-hybridized carbons (Fsp3) is 0.625. The summed E-state index contributed by atoms with van der Waals surface area (Å²) in [4.78, 5) is 32.4. The maximum absolute atomic E-state index is 12.6. The summed E-state index contributed by atoms with van der Waals surface area (Å²) in [6, 6.07) is 4.02. The molecule has 2 N–H and O–H groups in total. The van der Waals surface area contributed by atoms with E-state index in [1.807, 2.05) is 21.9 Å². The molecule has 0 bridgehead atoms. The molecule has 1 aromatic carbocycles. The number of aliphatic hydroxyl groups excluding tert-OH is 1. The summed E-state index contributed by atoms with van der Waals surface area (Å²) in [6.45, 7) is 1.87. The number of unbranched alkanes of at least 4 members (excludes halogenated alkanes) is 3. The summed E-state index contributed by atoms with van der Waals surface area (Å²) >= 11 is 6.57. The zero-order valence-corrected chi connectivity index (χ0v) is 19.8. The monoisotopic (exact) mass is 476 g/mol. The summed E-state index contributed by atoms with van der Waals surface area (Å²) < 4.78 is 5.92. The van der Waals surface area contributed by atoms with Crippen LogP contribution in [0, 0.1) is 0 Å². The highest BCUT2D eigenvalue weighted by atomic mass is 35.5. The Morgan fingerprint density at radius 3 is 2.79 bits per heavy atom. The Balaban J connectivity index is 1.16. The van der Waals surface area contributed by atoms with Crippen molar-refractivity contribution >= 4 is 35.1 Å². The van der Waals surface area contributed by atoms with E-state index in [1.165, 1.54) is 12.8 Å². The Bertz CT molecular complexity index is 901. The fourth-order valence-electron chi connectivity index (χ4n) is 4.87. The highest BCUT2D eigenvalue weighted by Gasteiger charge is 2.31. The third-order valence-electron chi connectivity index (χ3n) is 6.61. The van der Waals surface area contributed by atoms with Gasteiger partial charge in [0, 0.05) is 24.6 Å². The van der Waals surface area contributed by atoms with Crippen LogP contribution in [-0.2, 0) is 16.1 Å². The van der Waals surface area contributed by atoms with E-state index in [4.69, 9.17) is 16.3 Å². The second-order valence-corrected chi connectivity index (χ2v) is 9.35. The van der Waals surface area contributed by atoms with Crippen LogP contribution >= 0.6 is 11.6 Å². The van der Waals surface area contributed by atoms with Gasteiger partial charge in [-0.25, -0.2) is 4.99 Å². The lowest BCUT2D eigenvalue weighted by Gasteiger charge is -2.28. The van der Waals surface area contributed by atoms with Gasteiger partial charge in [-0.15, -0.1) is 0 Å². The minimum Gasteiger partial charge on any atom is -0.492 e. The van der Waals surface area contributed by atoms with E-state index < -0.39 is 0 Å². The maximum Gasteiger partial charge on any atom is 0.246 e. The fourth-order valence-corrected chi connectivity index (χ4v) is 5.15. The summed E-state index contributed by atoms with van der Waals surface area (Å²) in [5.74, 6) is 1.33. The molecule has 0 unspecified atom stereocenters. The van der Waals surface area contributed by atoms with Crippen molar-refractivity contribution in [2.45, 2.75) is 70.4 Å². The first kappa shape index (κ1) is 23.8. The van der Waals surface area contributed by atoms with Crippen LogP contribution in [0.15, 0.2) is 17.1 Å². The second-order valence-electron chi connectivity index (χ2n) is 8.98. The molecule has 1 aliphatic carbocycles. The van der Waals surface area contributed by atoms with Gasteiger partial charge < -0.3 is 19.6 Å². The van der Waals surface area contributed by atoms with Crippen molar-refractivity contribution < 1.29 is 19.4 Å². The highest BCUT2D eigenvalue weighted by Crippen LogP contribution is 2.38. The number of hydrogen-bond acceptors (Lipinski definition) is 6. The number of carbonyl (C=O) groups excluding carboxylic acids is 2. The molecule has 0 spiro atoms. The van der Waals surface area contributed by atoms with Crippen molar-refractivity contribution in [2.24, 2.45) is 4.99 Å². The van der Waals surface area contributed by atoms with Crippen molar-refractivity contribution in [3.05, 3.63) is 22.7 Å². The number of aliphatic hydroxyl groups is 1. The molecule has 0 aromatic heterocycles. The SMILES string of the molecule is O=C1CN2Cc3c(ccc(OCCCCCCC(=O)N(CCO)C4CCCC4)c3Cl)N=C2N1. The van der Waals surface area contributed by atoms with E-state index in [2.05, 4.69) is 10.3 Å². The highest BCUT2D eigenvalue weighted by molar-refractivity contribution is 6.33. The number of rotatable bonds is 11. The predicted molar refractivity (Wildman–Crippen MR) is 127 cm³/mol. The van der Waals surface area contributed by atoms with Crippen molar-refractivity contribution in [2.75, 3.05) is 26.3 Å². The van der Waals surface area contributed by atoms with Gasteiger partial charge >= 0.3 is 0 Å². The van der Waals surface area contributed by atoms with E-state index in [9.17, 15) is 14.7 Å². The third kappa shape index (κ3) is 5.79. The quantitative estimate of drug-likeness (QED) is 0.477. The molecule has 0 radical (unpaired) electrons. The number of halogens is 1. The number of benzene rings is 1. The van der Waals surface area contributed by atoms with Gasteiger partial charge in [-0.1, -0.05) is 37.3 Å². The number of amides is 2. The first-order chi connectivity index (χ1) is 16.1. The van der Waals surface area contributed by atoms with Crippen molar-refractivity contribution in [1.82, 2.24) is 15.1 Å². The largest absolute Gasteiger partial charge is 0.492 e. The first-order valence-electron chi connectivity index (χ1n) is 12.0. The molecular formula is C24H33ClN4O4. The molecule has 2 fully saturated rings. The molecule has 33 heavy (non-hydrogen) atoms. The first-order valence-corrected chi connectivity index (χ1v) is 12.4. The molecule has 0 atom stereocenters. The number of carbonyl (C=O) groups is 2. The number of aliphatic imine (C=N–C) groups is 1. The molecule has 1 saturated carbocycles. The summed E-state index contributed by atoms with van der Waals surface area (Å²) in [7, 11) is 0. The Morgan fingerprint density at radius 1 is 1.21 bits per heavy atom. The molecular weight excluding hydrogens is 444 g/mol. The number of nitrogens with one attached hydrogen (secondary N) is 1. The van der Waals surface area contributed by atoms with E-state index in [-0.39, 0.29) is 18.4 Å². The van der Waals surface area contributed by atoms with E-state index in [1.54, 1.807) is 0 Å². The minimum absolute atomic E-state index is 0.0331. The van der Waals surface area contributed by atoms with Crippen LogP contribution in [0.3, 0.4) is 0 Å². The van der Waals surface area contributed by atoms with Gasteiger partial charge in [0.1, 0.15) is 12.3 Å². The lowest BCUT2D eigenvalue weighted by molar-refractivity contribution is -0.134. The van der Waals surface area contributed by atoms with Crippen molar-refractivity contribution in [3.8, 4) is 5.75 Å². The Hall–Kier alpha value is -2.32. The zero-order chi connectivity index (χ0) is 23.2. The van der Waals surface area contributed by atoms with Crippen LogP contribution < -0.4 is 10.1 Å². The predicted octanol–water partition coefficient (Wildman–Crippen LogP) is 3.37. The molecule has 4 rings (SSSR count). The molecule has 180 valence electrons. The number of fused-ring (bicyclic) bond motifs is 2. The molecule has 8 nitrogen and oxygen atoms in total. The topological polar surface area (TPSA) is 94.5 Å². The molecule has 9 heteroatoms. The smallest absolute Gasteiger partial charge is 0.246 e. The van der Waals surface area contributed by atoms with Gasteiger partial charge in [-0.05, 0) is 37.8 Å². The standard InChI is InChI=1S/C24H33ClN4O4/c25-23-18-15-28-16-21(31)27-24(28)26-19(18)10-11-20(23)33-14-6-2-1-3-9-22(32)29(12-13-30)17-7-4-5-8-17/h10-11,17,30H,1-9,12-16H2,(H,26,27,31). The molecule has 2 aliphatic heterocycles. The van der Waals surface area contributed by atoms with Crippen LogP contribution in [0.25, 0.3) is 0 Å². The summed E-state index contributed by atoms with van der Waals surface area (Å²) in [5.41, 5.74) is 1.64. The molecule has 1 aromatic rings. The van der Waals surface area contributed by atoms with Gasteiger partial charge in [0.15, 0.2) is 0 Å². The Labute approximate surface area is 199 Å². The van der Waals surface area contributed by atoms with Crippen LogP contribution in [0.4, 0.5) is 5.69 Å². The lowest BCUT2D eigenvalue weighted by Crippen LogP contribution is -2.40. The lowest BCUT2D eigenvalue weighted by atomic mass is 10.1. The van der Waals surface area contributed by atoms with Crippen molar-refractivity contribution in [3.63, 3.8) is 0 Å². The van der Waals surface area contributed by atoms with E-state index in [0.29, 0.717) is 55.4 Å². The number of ether oxygens (including phenoxy) is 1. The Morgan fingerprint density at radius 2 is 2.00 bits per heavy atom. The van der Waals surface area contributed by atoms with Gasteiger partial charge in [0.25, 0.3) is 0 Å². The summed E-state index contributed by atoms with van der Waals surface area (Å²) in [5, 5.41) is 12.6. The van der Waals surface area contributed by atoms with Crippen LogP contribution in [-0.4, -0.2) is 65.0 Å². The number of hydrogen-bond donors (Lipinski definition) is 2. The number of guanidine groups is 1. The molecule has 2 heterocycles. The van der Waals surface area contributed by atoms with Gasteiger partial charge in [-0.2, -0.15) is 0 Å². The van der Waals surface area contributed by atoms with Crippen LogP contribution in [0.1, 0.15) is 63.4 Å². The summed E-state index contributed by atoms with van der Waals surface area (Å²) in [6.07, 6.45) is 8.73. The third-order valence-corrected chi connectivity index (χ3v) is 7.03. The minimum atomic E-state index is -0.0597. The second kappa shape index (κ2) is 11.2. The maximum atomic E-state index is 12.6. The average molecular weight is 477 g/mol. The van der Waals surface area contributed by atoms with Gasteiger partial charge in [0.2, 0.25) is 17.8 Å². The van der Waals surface area contributed by atoms with E-state index in [0.717, 1.165) is 49.8 Å². The zero-order valence-electron chi connectivity index (χ0n) is 19.0.